The van der Waals surface area contributed by atoms with Gasteiger partial charge in [-0.25, -0.2) is 0 Å². The van der Waals surface area contributed by atoms with Crippen LogP contribution in [0.3, 0.4) is 0 Å². The van der Waals surface area contributed by atoms with E-state index in [9.17, 15) is 0 Å². The van der Waals surface area contributed by atoms with Crippen LogP contribution in [0.25, 0.3) is 11.4 Å². The lowest BCUT2D eigenvalue weighted by molar-refractivity contribution is 0.604. The molecule has 0 radical (unpaired) electrons. The molecule has 0 unspecified atom stereocenters. The maximum atomic E-state index is 4.15. The Labute approximate surface area is 97.3 Å². The summed E-state index contributed by atoms with van der Waals surface area (Å²) in [6, 6.07) is 8.40. The largest absolute Gasteiger partial charge is 0.311 e. The van der Waals surface area contributed by atoms with Gasteiger partial charge in [0.2, 0.25) is 0 Å². The van der Waals surface area contributed by atoms with Crippen LogP contribution in [0.4, 0.5) is 0 Å². The number of aromatic nitrogens is 3. The highest BCUT2D eigenvalue weighted by atomic mass is 79.9. The smallest absolute Gasteiger partial charge is 0.165 e. The van der Waals surface area contributed by atoms with E-state index in [2.05, 4.69) is 44.5 Å². The number of hydrogen-bond donors (Lipinski definition) is 0. The average Bonchev–Trinajstić information content (AvgIpc) is 2.67. The van der Waals surface area contributed by atoms with Crippen LogP contribution in [0.1, 0.15) is 19.9 Å². The molecule has 0 spiro atoms. The van der Waals surface area contributed by atoms with Crippen LogP contribution < -0.4 is 0 Å². The third-order valence-electron chi connectivity index (χ3n) is 2.24. The molecule has 1 aromatic heterocycles. The third kappa shape index (κ3) is 1.95. The molecule has 15 heavy (non-hydrogen) atoms. The quantitative estimate of drug-likeness (QED) is 0.835. The maximum absolute atomic E-state index is 4.15. The predicted molar refractivity (Wildman–Crippen MR) is 63.5 cm³/mol. The van der Waals surface area contributed by atoms with E-state index in [-0.39, 0.29) is 0 Å². The normalized spacial score (nSPS) is 10.9. The first-order valence-corrected chi connectivity index (χ1v) is 5.64. The Kier molecular flexibility index (Phi) is 2.86. The fourth-order valence-corrected chi connectivity index (χ4v) is 1.92. The Hall–Kier alpha value is -1.16. The number of benzene rings is 1. The number of nitrogens with zero attached hydrogens (tertiary/aromatic N) is 3. The lowest BCUT2D eigenvalue weighted by Gasteiger charge is -2.10. The van der Waals surface area contributed by atoms with Crippen LogP contribution in [0.5, 0.6) is 0 Å². The summed E-state index contributed by atoms with van der Waals surface area (Å²) in [5.74, 6) is 0.900. The zero-order valence-electron chi connectivity index (χ0n) is 8.68. The minimum Gasteiger partial charge on any atom is -0.311 e. The second-order valence-corrected chi connectivity index (χ2v) is 4.49. The molecule has 0 aliphatic carbocycles. The van der Waals surface area contributed by atoms with Crippen molar-refractivity contribution in [3.63, 3.8) is 0 Å². The van der Waals surface area contributed by atoms with Crippen molar-refractivity contribution >= 4 is 15.9 Å². The van der Waals surface area contributed by atoms with Crippen molar-refractivity contribution < 1.29 is 0 Å². The number of hydrogen-bond acceptors (Lipinski definition) is 2. The molecule has 4 heteroatoms. The van der Waals surface area contributed by atoms with Gasteiger partial charge >= 0.3 is 0 Å². The summed E-state index contributed by atoms with van der Waals surface area (Å²) in [6.07, 6.45) is 1.76. The topological polar surface area (TPSA) is 30.7 Å². The highest BCUT2D eigenvalue weighted by Gasteiger charge is 2.11. The fraction of sp³-hybridized carbons (Fsp3) is 0.273. The van der Waals surface area contributed by atoms with Gasteiger partial charge in [0.1, 0.15) is 6.33 Å². The molecule has 2 rings (SSSR count). The maximum Gasteiger partial charge on any atom is 0.165 e. The molecule has 0 saturated carbocycles. The molecule has 1 aromatic carbocycles. The van der Waals surface area contributed by atoms with E-state index in [4.69, 9.17) is 0 Å². The van der Waals surface area contributed by atoms with Gasteiger partial charge in [-0.05, 0) is 19.9 Å². The van der Waals surface area contributed by atoms with Crippen molar-refractivity contribution in [2.24, 2.45) is 0 Å². The molecule has 3 nitrogen and oxygen atoms in total. The zero-order chi connectivity index (χ0) is 10.8. The minimum atomic E-state index is 0.363. The molecule has 1 heterocycles. The van der Waals surface area contributed by atoms with E-state index in [0.717, 1.165) is 15.9 Å². The van der Waals surface area contributed by atoms with Crippen molar-refractivity contribution in [3.05, 3.63) is 35.1 Å². The van der Waals surface area contributed by atoms with E-state index in [0.29, 0.717) is 6.04 Å². The number of halogens is 1. The first-order valence-electron chi connectivity index (χ1n) is 4.84. The highest BCUT2D eigenvalue weighted by Crippen LogP contribution is 2.27. The molecule has 78 valence electrons. The monoisotopic (exact) mass is 265 g/mol. The van der Waals surface area contributed by atoms with Crippen molar-refractivity contribution in [3.8, 4) is 11.4 Å². The van der Waals surface area contributed by atoms with Crippen molar-refractivity contribution in [2.45, 2.75) is 19.9 Å². The van der Waals surface area contributed by atoms with Crippen LogP contribution in [0.15, 0.2) is 35.1 Å². The molecule has 0 atom stereocenters. The highest BCUT2D eigenvalue weighted by molar-refractivity contribution is 9.10. The van der Waals surface area contributed by atoms with E-state index >= 15 is 0 Å². The third-order valence-corrected chi connectivity index (χ3v) is 2.94. The molecule has 0 aliphatic heterocycles. The van der Waals surface area contributed by atoms with Crippen LogP contribution >= 0.6 is 15.9 Å². The van der Waals surface area contributed by atoms with Gasteiger partial charge in [0, 0.05) is 16.1 Å². The lowest BCUT2D eigenvalue weighted by Crippen LogP contribution is -2.01. The van der Waals surface area contributed by atoms with E-state index in [1.807, 2.05) is 24.3 Å². The summed E-state index contributed by atoms with van der Waals surface area (Å²) in [7, 11) is 0. The Morgan fingerprint density at radius 3 is 2.67 bits per heavy atom. The van der Waals surface area contributed by atoms with Crippen molar-refractivity contribution in [1.82, 2.24) is 14.8 Å². The SMILES string of the molecule is CC(C)n1cnnc1-c1ccccc1Br. The second-order valence-electron chi connectivity index (χ2n) is 3.64. The molecule has 0 N–H and O–H groups in total. The second kappa shape index (κ2) is 4.14. The summed E-state index contributed by atoms with van der Waals surface area (Å²) in [5.41, 5.74) is 1.07. The van der Waals surface area contributed by atoms with Gasteiger partial charge in [-0.15, -0.1) is 10.2 Å². The van der Waals surface area contributed by atoms with Crippen LogP contribution in [0.2, 0.25) is 0 Å². The van der Waals surface area contributed by atoms with Gasteiger partial charge in [0.25, 0.3) is 0 Å². The molecular formula is C11H12BrN3. The van der Waals surface area contributed by atoms with Gasteiger partial charge < -0.3 is 4.57 Å². The lowest BCUT2D eigenvalue weighted by atomic mass is 10.2. The molecule has 0 bridgehead atoms. The fourth-order valence-electron chi connectivity index (χ4n) is 1.46. The van der Waals surface area contributed by atoms with Gasteiger partial charge in [-0.2, -0.15) is 0 Å². The Balaban J connectivity index is 2.55. The Bertz CT molecular complexity index is 462. The van der Waals surface area contributed by atoms with Crippen molar-refractivity contribution in [2.75, 3.05) is 0 Å². The molecule has 0 aliphatic rings. The predicted octanol–water partition coefficient (Wildman–Crippen LogP) is 3.29. The average molecular weight is 266 g/mol. The van der Waals surface area contributed by atoms with Gasteiger partial charge in [0.15, 0.2) is 5.82 Å². The summed E-state index contributed by atoms with van der Waals surface area (Å²) < 4.78 is 3.10. The first-order chi connectivity index (χ1) is 7.20. The summed E-state index contributed by atoms with van der Waals surface area (Å²) in [5, 5.41) is 8.10. The standard InChI is InChI=1S/C11H12BrN3/c1-8(2)15-7-13-14-11(15)9-5-3-4-6-10(9)12/h3-8H,1-2H3. The van der Waals surface area contributed by atoms with E-state index in [1.165, 1.54) is 0 Å². The molecule has 0 fully saturated rings. The van der Waals surface area contributed by atoms with E-state index in [1.54, 1.807) is 6.33 Å². The minimum absolute atomic E-state index is 0.363. The van der Waals surface area contributed by atoms with Crippen LogP contribution in [-0.4, -0.2) is 14.8 Å². The summed E-state index contributed by atoms with van der Waals surface area (Å²) in [6.45, 7) is 4.23. The number of rotatable bonds is 2. The summed E-state index contributed by atoms with van der Waals surface area (Å²) in [4.78, 5) is 0. The Morgan fingerprint density at radius 2 is 2.00 bits per heavy atom. The first kappa shape index (κ1) is 10.4. The molecule has 0 saturated heterocycles. The molecule has 2 aromatic rings. The molecule has 0 amide bonds. The van der Waals surface area contributed by atoms with Crippen molar-refractivity contribution in [1.29, 1.82) is 0 Å². The van der Waals surface area contributed by atoms with E-state index < -0.39 is 0 Å². The van der Waals surface area contributed by atoms with Crippen LogP contribution in [-0.2, 0) is 0 Å². The Morgan fingerprint density at radius 1 is 1.27 bits per heavy atom. The molecular weight excluding hydrogens is 254 g/mol. The van der Waals surface area contributed by atoms with Gasteiger partial charge in [0.05, 0.1) is 0 Å². The summed E-state index contributed by atoms with van der Waals surface area (Å²) >= 11 is 3.52. The van der Waals surface area contributed by atoms with Gasteiger partial charge in [-0.3, -0.25) is 0 Å². The van der Waals surface area contributed by atoms with Crippen LogP contribution in [0, 0.1) is 0 Å². The van der Waals surface area contributed by atoms with Gasteiger partial charge in [-0.1, -0.05) is 34.1 Å². The zero-order valence-corrected chi connectivity index (χ0v) is 10.3.